The van der Waals surface area contributed by atoms with Gasteiger partial charge in [0.15, 0.2) is 23.1 Å². The number of hydrogen-bond acceptors (Lipinski definition) is 4. The molecular formula is C22H19F3N6O. The molecule has 32 heavy (non-hydrogen) atoms. The first kappa shape index (κ1) is 20.2. The summed E-state index contributed by atoms with van der Waals surface area (Å²) >= 11 is 0. The van der Waals surface area contributed by atoms with Crippen LogP contribution in [0.5, 0.6) is 0 Å². The highest BCUT2D eigenvalue weighted by Crippen LogP contribution is 2.37. The zero-order valence-electron chi connectivity index (χ0n) is 17.6. The van der Waals surface area contributed by atoms with Crippen LogP contribution in [0.25, 0.3) is 22.2 Å². The van der Waals surface area contributed by atoms with Crippen LogP contribution in [0, 0.1) is 17.5 Å². The molecule has 0 N–H and O–H groups in total. The maximum atomic E-state index is 13.8. The van der Waals surface area contributed by atoms with Gasteiger partial charge in [-0.15, -0.1) is 0 Å². The molecule has 0 fully saturated rings. The van der Waals surface area contributed by atoms with E-state index in [4.69, 9.17) is 0 Å². The lowest BCUT2D eigenvalue weighted by Crippen LogP contribution is -2.39. The number of fused-ring (bicyclic) bond motifs is 2. The van der Waals surface area contributed by atoms with E-state index < -0.39 is 17.5 Å². The monoisotopic (exact) mass is 440 g/mol. The van der Waals surface area contributed by atoms with Crippen LogP contribution in [0.3, 0.4) is 0 Å². The molecule has 1 aliphatic rings. The van der Waals surface area contributed by atoms with Crippen LogP contribution in [-0.2, 0) is 20.5 Å². The van der Waals surface area contributed by atoms with E-state index in [0.717, 1.165) is 23.2 Å². The summed E-state index contributed by atoms with van der Waals surface area (Å²) in [5, 5.41) is 9.64. The van der Waals surface area contributed by atoms with Crippen LogP contribution in [0.2, 0.25) is 0 Å². The molecular weight excluding hydrogens is 421 g/mol. The third-order valence-electron chi connectivity index (χ3n) is 6.02. The van der Waals surface area contributed by atoms with Crippen molar-refractivity contribution in [3.05, 3.63) is 65.0 Å². The molecule has 0 saturated carbocycles. The van der Waals surface area contributed by atoms with Gasteiger partial charge in [0.05, 0.1) is 29.1 Å². The molecule has 1 aromatic carbocycles. The fourth-order valence-electron chi connectivity index (χ4n) is 4.47. The molecule has 0 bridgehead atoms. The number of benzene rings is 1. The summed E-state index contributed by atoms with van der Waals surface area (Å²) in [6.07, 6.45) is 3.70. The topological polar surface area (TPSA) is 68.8 Å². The lowest BCUT2D eigenvalue weighted by atomic mass is 9.95. The van der Waals surface area contributed by atoms with Gasteiger partial charge >= 0.3 is 0 Å². The van der Waals surface area contributed by atoms with Gasteiger partial charge in [-0.2, -0.15) is 10.2 Å². The standard InChI is InChI=1S/C22H19F3N6O/c1-11-19-14(21(30(3)27-19)12-8-15(23)18(25)16(24)9-12)5-7-31(11)22(32)20-13-4-6-26-10-17(13)29(2)28-20/h4,6,8-11H,5,7H2,1-3H3/t11-/m0/s1. The van der Waals surface area contributed by atoms with Gasteiger partial charge < -0.3 is 4.90 Å². The molecule has 164 valence electrons. The normalized spacial score (nSPS) is 15.9. The van der Waals surface area contributed by atoms with E-state index in [-0.39, 0.29) is 17.5 Å². The number of halogens is 3. The van der Waals surface area contributed by atoms with Crippen molar-refractivity contribution in [1.29, 1.82) is 0 Å². The molecule has 7 nitrogen and oxygen atoms in total. The van der Waals surface area contributed by atoms with Crippen LogP contribution in [0.15, 0.2) is 30.6 Å². The molecule has 1 amide bonds. The second kappa shape index (κ2) is 7.18. The van der Waals surface area contributed by atoms with Crippen molar-refractivity contribution in [2.75, 3.05) is 6.54 Å². The summed E-state index contributed by atoms with van der Waals surface area (Å²) in [4.78, 5) is 19.2. The number of amides is 1. The fraction of sp³-hybridized carbons (Fsp3) is 0.273. The Labute approximate surface area is 181 Å². The van der Waals surface area contributed by atoms with Gasteiger partial charge in [-0.25, -0.2) is 13.2 Å². The summed E-state index contributed by atoms with van der Waals surface area (Å²) in [7, 11) is 3.41. The summed E-state index contributed by atoms with van der Waals surface area (Å²) < 4.78 is 44.3. The Kier molecular flexibility index (Phi) is 4.54. The van der Waals surface area contributed by atoms with Gasteiger partial charge in [-0.05, 0) is 31.5 Å². The molecule has 4 heterocycles. The average Bonchev–Trinajstić information content (AvgIpc) is 3.29. The summed E-state index contributed by atoms with van der Waals surface area (Å²) in [5.74, 6) is -4.25. The van der Waals surface area contributed by atoms with E-state index in [1.807, 2.05) is 6.92 Å². The van der Waals surface area contributed by atoms with Gasteiger partial charge in [0.1, 0.15) is 0 Å². The van der Waals surface area contributed by atoms with Gasteiger partial charge in [-0.3, -0.25) is 19.1 Å². The highest BCUT2D eigenvalue weighted by atomic mass is 19.2. The predicted octanol–water partition coefficient (Wildman–Crippen LogP) is 3.55. The number of nitrogens with zero attached hydrogens (tertiary/aromatic N) is 6. The molecule has 3 aromatic heterocycles. The Bertz CT molecular complexity index is 1370. The highest BCUT2D eigenvalue weighted by Gasteiger charge is 2.35. The summed E-state index contributed by atoms with van der Waals surface area (Å²) in [5.41, 5.74) is 3.21. The molecule has 4 aromatic rings. The first-order chi connectivity index (χ1) is 15.3. The number of aryl methyl sites for hydroxylation is 2. The molecule has 10 heteroatoms. The second-order valence-corrected chi connectivity index (χ2v) is 7.88. The van der Waals surface area contributed by atoms with Gasteiger partial charge in [0.25, 0.3) is 5.91 Å². The van der Waals surface area contributed by atoms with E-state index in [0.29, 0.717) is 35.4 Å². The Morgan fingerprint density at radius 3 is 2.53 bits per heavy atom. The van der Waals surface area contributed by atoms with Crippen molar-refractivity contribution < 1.29 is 18.0 Å². The molecule has 5 rings (SSSR count). The zero-order valence-corrected chi connectivity index (χ0v) is 17.6. The summed E-state index contributed by atoms with van der Waals surface area (Å²) in [6.45, 7) is 2.23. The van der Waals surface area contributed by atoms with Crippen molar-refractivity contribution in [3.8, 4) is 11.3 Å². The average molecular weight is 440 g/mol. The van der Waals surface area contributed by atoms with Gasteiger partial charge in [0, 0.05) is 43.4 Å². The van der Waals surface area contributed by atoms with Gasteiger partial charge in [-0.1, -0.05) is 0 Å². The molecule has 0 unspecified atom stereocenters. The van der Waals surface area contributed by atoms with Crippen molar-refractivity contribution in [2.24, 2.45) is 14.1 Å². The number of carbonyl (C=O) groups excluding carboxylic acids is 1. The first-order valence-corrected chi connectivity index (χ1v) is 10.1. The number of rotatable bonds is 2. The van der Waals surface area contributed by atoms with Crippen LogP contribution in [-0.4, -0.2) is 41.9 Å². The smallest absolute Gasteiger partial charge is 0.275 e. The van der Waals surface area contributed by atoms with E-state index in [2.05, 4.69) is 15.2 Å². The van der Waals surface area contributed by atoms with Crippen molar-refractivity contribution in [2.45, 2.75) is 19.4 Å². The minimum Gasteiger partial charge on any atom is -0.328 e. The van der Waals surface area contributed by atoms with Crippen molar-refractivity contribution in [3.63, 3.8) is 0 Å². The highest BCUT2D eigenvalue weighted by molar-refractivity contribution is 6.04. The zero-order chi connectivity index (χ0) is 22.7. The first-order valence-electron chi connectivity index (χ1n) is 10.1. The fourth-order valence-corrected chi connectivity index (χ4v) is 4.47. The number of aromatic nitrogens is 5. The lowest BCUT2D eigenvalue weighted by Gasteiger charge is -2.32. The van der Waals surface area contributed by atoms with E-state index in [9.17, 15) is 18.0 Å². The van der Waals surface area contributed by atoms with E-state index >= 15 is 0 Å². The van der Waals surface area contributed by atoms with Crippen molar-refractivity contribution in [1.82, 2.24) is 29.4 Å². The Balaban J connectivity index is 1.54. The van der Waals surface area contributed by atoms with E-state index in [1.165, 1.54) is 4.68 Å². The molecule has 0 aliphatic carbocycles. The minimum atomic E-state index is -1.51. The van der Waals surface area contributed by atoms with E-state index in [1.54, 1.807) is 42.1 Å². The molecule has 1 atom stereocenters. The molecule has 0 spiro atoms. The Hall–Kier alpha value is -3.69. The number of carbonyl (C=O) groups is 1. The lowest BCUT2D eigenvalue weighted by molar-refractivity contribution is 0.0668. The van der Waals surface area contributed by atoms with Crippen LogP contribution < -0.4 is 0 Å². The SMILES string of the molecule is C[C@H]1c2nn(C)c(-c3cc(F)c(F)c(F)c3)c2CCN1C(=O)c1nn(C)c2cnccc12. The predicted molar refractivity (Wildman–Crippen MR) is 110 cm³/mol. The Morgan fingerprint density at radius 2 is 1.81 bits per heavy atom. The third kappa shape index (κ3) is 2.89. The maximum Gasteiger partial charge on any atom is 0.275 e. The summed E-state index contributed by atoms with van der Waals surface area (Å²) in [6, 6.07) is 3.30. The molecule has 0 saturated heterocycles. The quantitative estimate of drug-likeness (QED) is 0.447. The number of pyridine rings is 1. The third-order valence-corrected chi connectivity index (χ3v) is 6.02. The number of hydrogen-bond donors (Lipinski definition) is 0. The van der Waals surface area contributed by atoms with Crippen LogP contribution in [0.4, 0.5) is 13.2 Å². The molecule has 1 aliphatic heterocycles. The van der Waals surface area contributed by atoms with Crippen LogP contribution in [0.1, 0.15) is 34.7 Å². The largest absolute Gasteiger partial charge is 0.328 e. The Morgan fingerprint density at radius 1 is 1.09 bits per heavy atom. The second-order valence-electron chi connectivity index (χ2n) is 7.88. The van der Waals surface area contributed by atoms with Gasteiger partial charge in [0.2, 0.25) is 0 Å². The minimum absolute atomic E-state index is 0.202. The van der Waals surface area contributed by atoms with Crippen LogP contribution >= 0.6 is 0 Å². The molecule has 0 radical (unpaired) electrons. The maximum absolute atomic E-state index is 13.8. The van der Waals surface area contributed by atoms with Crippen molar-refractivity contribution >= 4 is 16.8 Å².